The fraction of sp³-hybridized carbons (Fsp3) is 0.133. The van der Waals surface area contributed by atoms with Gasteiger partial charge in [-0.05, 0) is 42.3 Å². The van der Waals surface area contributed by atoms with Crippen molar-refractivity contribution in [2.45, 2.75) is 25.8 Å². The van der Waals surface area contributed by atoms with E-state index in [4.69, 9.17) is 44.9 Å². The van der Waals surface area contributed by atoms with Crippen LogP contribution in [0.1, 0.15) is 36.1 Å². The summed E-state index contributed by atoms with van der Waals surface area (Å²) in [5.41, 5.74) is 4.63. The van der Waals surface area contributed by atoms with Crippen LogP contribution in [0, 0.1) is 5.82 Å². The van der Waals surface area contributed by atoms with Gasteiger partial charge in [-0.15, -0.1) is 0 Å². The quantitative estimate of drug-likeness (QED) is 0.243. The number of fused-ring (bicyclic) bond motifs is 2. The van der Waals surface area contributed by atoms with Crippen molar-refractivity contribution >= 4 is 46.5 Å². The normalized spacial score (nSPS) is 16.4. The Morgan fingerprint density at radius 2 is 1.66 bits per heavy atom. The molecule has 2 aliphatic rings. The van der Waals surface area contributed by atoms with Crippen molar-refractivity contribution < 1.29 is 4.39 Å². The Kier molecular flexibility index (Phi) is 6.60. The third kappa shape index (κ3) is 4.25. The van der Waals surface area contributed by atoms with E-state index in [0.717, 1.165) is 24.1 Å². The van der Waals surface area contributed by atoms with Gasteiger partial charge in [0, 0.05) is 22.3 Å². The number of allylic oxidation sites excluding steroid dienone is 2. The summed E-state index contributed by atoms with van der Waals surface area (Å²) < 4.78 is 17.4. The van der Waals surface area contributed by atoms with Crippen molar-refractivity contribution in [1.29, 1.82) is 0 Å². The topological polar surface area (TPSA) is 33.4 Å². The fourth-order valence-electron chi connectivity index (χ4n) is 5.00. The molecule has 38 heavy (non-hydrogen) atoms. The summed E-state index contributed by atoms with van der Waals surface area (Å²) in [4.78, 5) is 6.74. The predicted molar refractivity (Wildman–Crippen MR) is 153 cm³/mol. The second-order valence-corrected chi connectivity index (χ2v) is 10.4. The maximum Gasteiger partial charge on any atom is 0.164 e. The van der Waals surface area contributed by atoms with Gasteiger partial charge in [0.25, 0.3) is 0 Å². The van der Waals surface area contributed by atoms with E-state index in [1.165, 1.54) is 11.6 Å². The maximum atomic E-state index is 15.6. The molecule has 3 aromatic carbocycles. The monoisotopic (exact) mass is 562 g/mol. The standard InChI is InChI=1S/C30H22Cl3FN4/c1-2-7-18-12-14-19(15-13-18)27-26-28(25-22(32)10-6-11-24(25)34)37-17-20(31)16-23(33)29(37)35-30(26)38(36-27)21-8-4-3-5-9-21/h3-6,8-17,28H,2,7H2,1H3. The highest BCUT2D eigenvalue weighted by Crippen LogP contribution is 2.49. The summed E-state index contributed by atoms with van der Waals surface area (Å²) in [6.07, 6.45) is 5.37. The molecule has 0 saturated heterocycles. The molecule has 8 heteroatoms. The molecular formula is C30H22Cl3FN4. The van der Waals surface area contributed by atoms with Gasteiger partial charge in [0.05, 0.1) is 27.4 Å². The van der Waals surface area contributed by atoms with Crippen LogP contribution >= 0.6 is 34.8 Å². The van der Waals surface area contributed by atoms with Crippen LogP contribution in [0.25, 0.3) is 16.9 Å². The Hall–Kier alpha value is -3.38. The van der Waals surface area contributed by atoms with Gasteiger partial charge in [-0.1, -0.05) is 96.7 Å². The first-order valence-electron chi connectivity index (χ1n) is 12.3. The maximum absolute atomic E-state index is 15.6. The predicted octanol–water partition coefficient (Wildman–Crippen LogP) is 8.94. The van der Waals surface area contributed by atoms with Crippen molar-refractivity contribution in [3.63, 3.8) is 0 Å². The molecule has 3 heterocycles. The Balaban J connectivity index is 1.69. The zero-order chi connectivity index (χ0) is 26.4. The molecular weight excluding hydrogens is 542 g/mol. The number of amidine groups is 1. The minimum atomic E-state index is -0.717. The van der Waals surface area contributed by atoms with Gasteiger partial charge < -0.3 is 4.90 Å². The summed E-state index contributed by atoms with van der Waals surface area (Å²) in [6, 6.07) is 22.0. The number of aromatic nitrogens is 2. The van der Waals surface area contributed by atoms with Crippen molar-refractivity contribution in [3.8, 4) is 16.9 Å². The Labute approximate surface area is 235 Å². The van der Waals surface area contributed by atoms with Crippen LogP contribution in [0.5, 0.6) is 0 Å². The van der Waals surface area contributed by atoms with Gasteiger partial charge in [-0.3, -0.25) is 0 Å². The van der Waals surface area contributed by atoms with Crippen molar-refractivity contribution in [2.24, 2.45) is 4.99 Å². The molecule has 1 unspecified atom stereocenters. The first-order chi connectivity index (χ1) is 18.5. The zero-order valence-corrected chi connectivity index (χ0v) is 22.6. The molecule has 0 amide bonds. The molecule has 0 bridgehead atoms. The van der Waals surface area contributed by atoms with E-state index in [1.807, 2.05) is 42.5 Å². The number of para-hydroxylation sites is 1. The fourth-order valence-corrected chi connectivity index (χ4v) is 5.80. The average Bonchev–Trinajstić information content (AvgIpc) is 3.29. The van der Waals surface area contributed by atoms with Gasteiger partial charge in [0.15, 0.2) is 11.7 Å². The lowest BCUT2D eigenvalue weighted by atomic mass is 9.91. The van der Waals surface area contributed by atoms with E-state index in [1.54, 1.807) is 34.0 Å². The first-order valence-corrected chi connectivity index (χ1v) is 13.4. The molecule has 0 N–H and O–H groups in total. The Morgan fingerprint density at radius 1 is 0.895 bits per heavy atom. The minimum absolute atomic E-state index is 0.286. The molecule has 2 aliphatic heterocycles. The molecule has 0 saturated carbocycles. The number of benzene rings is 3. The lowest BCUT2D eigenvalue weighted by Crippen LogP contribution is -2.36. The number of aryl methyl sites for hydroxylation is 1. The summed E-state index contributed by atoms with van der Waals surface area (Å²) in [6.45, 7) is 2.15. The van der Waals surface area contributed by atoms with Gasteiger partial charge in [0.2, 0.25) is 0 Å². The van der Waals surface area contributed by atoms with Crippen molar-refractivity contribution in [1.82, 2.24) is 14.7 Å². The van der Waals surface area contributed by atoms with Gasteiger partial charge >= 0.3 is 0 Å². The third-order valence-corrected chi connectivity index (χ3v) is 7.50. The largest absolute Gasteiger partial charge is 0.318 e. The Bertz CT molecular complexity index is 1600. The van der Waals surface area contributed by atoms with E-state index < -0.39 is 11.9 Å². The molecule has 1 aromatic heterocycles. The summed E-state index contributed by atoms with van der Waals surface area (Å²) in [5.74, 6) is 0.550. The van der Waals surface area contributed by atoms with Crippen LogP contribution in [0.2, 0.25) is 5.02 Å². The van der Waals surface area contributed by atoms with Crippen LogP contribution in [0.4, 0.5) is 10.2 Å². The van der Waals surface area contributed by atoms with Gasteiger partial charge in [-0.2, -0.15) is 5.10 Å². The molecule has 4 nitrogen and oxygen atoms in total. The van der Waals surface area contributed by atoms with E-state index in [2.05, 4.69) is 19.1 Å². The summed E-state index contributed by atoms with van der Waals surface area (Å²) in [5, 5.41) is 6.07. The molecule has 0 fully saturated rings. The summed E-state index contributed by atoms with van der Waals surface area (Å²) in [7, 11) is 0. The Morgan fingerprint density at radius 3 is 2.37 bits per heavy atom. The van der Waals surface area contributed by atoms with Crippen LogP contribution in [-0.2, 0) is 6.42 Å². The molecule has 190 valence electrons. The van der Waals surface area contributed by atoms with Crippen LogP contribution in [0.3, 0.4) is 0 Å². The number of aliphatic imine (C=N–C) groups is 1. The molecule has 0 spiro atoms. The minimum Gasteiger partial charge on any atom is -0.318 e. The van der Waals surface area contributed by atoms with Crippen molar-refractivity contribution in [3.05, 3.63) is 123 Å². The number of hydrogen-bond donors (Lipinski definition) is 0. The van der Waals surface area contributed by atoms with E-state index in [9.17, 15) is 0 Å². The molecule has 6 rings (SSSR count). The average molecular weight is 564 g/mol. The number of halogens is 4. The van der Waals surface area contributed by atoms with E-state index in [0.29, 0.717) is 38.5 Å². The lowest BCUT2D eigenvalue weighted by molar-refractivity contribution is 0.443. The number of hydrogen-bond acceptors (Lipinski definition) is 3. The highest BCUT2D eigenvalue weighted by atomic mass is 35.5. The second kappa shape index (κ2) is 10.1. The third-order valence-electron chi connectivity index (χ3n) is 6.69. The molecule has 4 aromatic rings. The highest BCUT2D eigenvalue weighted by Gasteiger charge is 2.41. The van der Waals surface area contributed by atoms with Gasteiger partial charge in [0.1, 0.15) is 11.5 Å². The van der Waals surface area contributed by atoms with E-state index >= 15 is 4.39 Å². The SMILES string of the molecule is CCCc1ccc(-c2nn(-c3ccccc3)c3c2C(c2c(F)cccc2Cl)N2C=C(Cl)C=C(Cl)C2=N3)cc1. The smallest absolute Gasteiger partial charge is 0.164 e. The molecule has 0 aliphatic carbocycles. The van der Waals surface area contributed by atoms with Crippen LogP contribution < -0.4 is 0 Å². The second-order valence-electron chi connectivity index (χ2n) is 9.17. The first kappa shape index (κ1) is 24.9. The molecule has 0 radical (unpaired) electrons. The summed E-state index contributed by atoms with van der Waals surface area (Å²) >= 11 is 19.8. The lowest BCUT2D eigenvalue weighted by Gasteiger charge is -2.37. The zero-order valence-electron chi connectivity index (χ0n) is 20.4. The van der Waals surface area contributed by atoms with Crippen molar-refractivity contribution in [2.75, 3.05) is 0 Å². The molecule has 1 atom stereocenters. The van der Waals surface area contributed by atoms with Crippen LogP contribution in [-0.4, -0.2) is 20.5 Å². The number of nitrogens with zero attached hydrogens (tertiary/aromatic N) is 4. The van der Waals surface area contributed by atoms with Crippen LogP contribution in [0.15, 0.2) is 100 Å². The number of rotatable bonds is 5. The van der Waals surface area contributed by atoms with E-state index in [-0.39, 0.29) is 5.02 Å². The highest BCUT2D eigenvalue weighted by molar-refractivity contribution is 6.45. The van der Waals surface area contributed by atoms with Gasteiger partial charge in [-0.25, -0.2) is 14.1 Å².